The molecule has 0 saturated heterocycles. The summed E-state index contributed by atoms with van der Waals surface area (Å²) in [6.45, 7) is 2.87. The summed E-state index contributed by atoms with van der Waals surface area (Å²) in [4.78, 5) is 5.32. The maximum Gasteiger partial charge on any atom is 0.162 e. The van der Waals surface area contributed by atoms with Gasteiger partial charge in [-0.1, -0.05) is 0 Å². The third kappa shape index (κ3) is 3.48. The van der Waals surface area contributed by atoms with Gasteiger partial charge >= 0.3 is 0 Å². The van der Waals surface area contributed by atoms with Gasteiger partial charge in [-0.3, -0.25) is 5.10 Å². The average Bonchev–Trinajstić information content (AvgIpc) is 3.04. The van der Waals surface area contributed by atoms with Crippen LogP contribution in [0, 0.1) is 0 Å². The number of hydrogen-bond donors (Lipinski definition) is 2. The second kappa shape index (κ2) is 6.82. The van der Waals surface area contributed by atoms with Crippen molar-refractivity contribution in [2.45, 2.75) is 17.9 Å². The van der Waals surface area contributed by atoms with Gasteiger partial charge in [0, 0.05) is 24.4 Å². The molecule has 21 heavy (non-hydrogen) atoms. The maximum absolute atomic E-state index is 5.64. The van der Waals surface area contributed by atoms with Crippen LogP contribution in [-0.2, 0) is 13.0 Å². The van der Waals surface area contributed by atoms with E-state index in [2.05, 4.69) is 38.9 Å². The summed E-state index contributed by atoms with van der Waals surface area (Å²) >= 11 is 1.72. The second-order valence-electron chi connectivity index (χ2n) is 4.67. The number of nitrogens with zero attached hydrogens (tertiary/aromatic N) is 2. The molecule has 2 heterocycles. The summed E-state index contributed by atoms with van der Waals surface area (Å²) in [6, 6.07) is 4.13. The van der Waals surface area contributed by atoms with E-state index in [-0.39, 0.29) is 0 Å². The third-order valence-corrected chi connectivity index (χ3v) is 4.08. The Hall–Kier alpha value is -1.73. The molecule has 3 rings (SSSR count). The summed E-state index contributed by atoms with van der Waals surface area (Å²) in [5.41, 5.74) is 1.23. The molecule has 0 aliphatic carbocycles. The fraction of sp³-hybridized carbons (Fsp3) is 0.429. The van der Waals surface area contributed by atoms with Crippen molar-refractivity contribution in [3.05, 3.63) is 29.8 Å². The predicted molar refractivity (Wildman–Crippen MR) is 81.0 cm³/mol. The lowest BCUT2D eigenvalue weighted by molar-refractivity contribution is 0.171. The number of benzene rings is 1. The minimum atomic E-state index is 0.615. The zero-order valence-electron chi connectivity index (χ0n) is 11.9. The van der Waals surface area contributed by atoms with Crippen molar-refractivity contribution < 1.29 is 9.47 Å². The smallest absolute Gasteiger partial charge is 0.162 e. The van der Waals surface area contributed by atoms with Crippen LogP contribution in [0.2, 0.25) is 0 Å². The number of aromatic amines is 1. The highest BCUT2D eigenvalue weighted by Crippen LogP contribution is 2.36. The normalized spacial score (nSPS) is 13.4. The Balaban J connectivity index is 1.61. The molecule has 112 valence electrons. The van der Waals surface area contributed by atoms with Crippen LogP contribution in [0.3, 0.4) is 0 Å². The number of rotatable bonds is 6. The van der Waals surface area contributed by atoms with Crippen LogP contribution in [0.5, 0.6) is 11.5 Å². The second-order valence-corrected chi connectivity index (χ2v) is 5.51. The van der Waals surface area contributed by atoms with E-state index in [0.29, 0.717) is 13.2 Å². The number of aromatic nitrogens is 3. The largest absolute Gasteiger partial charge is 0.486 e. The van der Waals surface area contributed by atoms with Crippen LogP contribution < -0.4 is 14.8 Å². The van der Waals surface area contributed by atoms with Gasteiger partial charge in [0.2, 0.25) is 0 Å². The molecule has 1 aliphatic rings. The fourth-order valence-electron chi connectivity index (χ4n) is 2.22. The topological polar surface area (TPSA) is 72.1 Å². The number of fused-ring (bicyclic) bond motifs is 1. The van der Waals surface area contributed by atoms with Crippen molar-refractivity contribution in [3.63, 3.8) is 0 Å². The molecule has 0 radical (unpaired) electrons. The summed E-state index contributed by atoms with van der Waals surface area (Å²) in [7, 11) is 0. The Morgan fingerprint density at radius 2 is 2.10 bits per heavy atom. The lowest BCUT2D eigenvalue weighted by Gasteiger charge is -2.20. The molecule has 0 atom stereocenters. The van der Waals surface area contributed by atoms with E-state index in [9.17, 15) is 0 Å². The molecule has 1 aromatic heterocycles. The molecular weight excluding hydrogens is 288 g/mol. The molecule has 0 spiro atoms. The van der Waals surface area contributed by atoms with Gasteiger partial charge in [-0.25, -0.2) is 4.98 Å². The molecule has 1 aromatic carbocycles. The zero-order valence-corrected chi connectivity index (χ0v) is 12.7. The van der Waals surface area contributed by atoms with Crippen LogP contribution in [0.15, 0.2) is 23.4 Å². The van der Waals surface area contributed by atoms with Crippen LogP contribution in [0.1, 0.15) is 11.4 Å². The standard InChI is InChI=1S/C14H18N4O2S/c1-21-13-7-12-11(19-4-5-20-12)6-10(13)8-15-3-2-14-16-9-17-18-14/h6-7,9,15H,2-5,8H2,1H3,(H,16,17,18). The van der Waals surface area contributed by atoms with Crippen LogP contribution >= 0.6 is 11.8 Å². The first kappa shape index (κ1) is 14.2. The monoisotopic (exact) mass is 306 g/mol. The Bertz CT molecular complexity index is 589. The van der Waals surface area contributed by atoms with Crippen molar-refractivity contribution in [2.75, 3.05) is 26.0 Å². The van der Waals surface area contributed by atoms with Gasteiger partial charge in [0.05, 0.1) is 0 Å². The van der Waals surface area contributed by atoms with E-state index in [1.54, 1.807) is 11.8 Å². The summed E-state index contributed by atoms with van der Waals surface area (Å²) in [6.07, 6.45) is 4.44. The van der Waals surface area contributed by atoms with Crippen molar-refractivity contribution in [1.82, 2.24) is 20.5 Å². The van der Waals surface area contributed by atoms with Gasteiger partial charge in [-0.15, -0.1) is 11.8 Å². The first-order valence-corrected chi connectivity index (χ1v) is 8.11. The quantitative estimate of drug-likeness (QED) is 0.624. The molecule has 1 aliphatic heterocycles. The highest BCUT2D eigenvalue weighted by atomic mass is 32.2. The molecule has 0 amide bonds. The molecule has 7 heteroatoms. The van der Waals surface area contributed by atoms with Crippen LogP contribution in [-0.4, -0.2) is 41.2 Å². The van der Waals surface area contributed by atoms with Gasteiger partial charge in [0.1, 0.15) is 25.4 Å². The molecular formula is C14H18N4O2S. The van der Waals surface area contributed by atoms with Crippen molar-refractivity contribution in [2.24, 2.45) is 0 Å². The third-order valence-electron chi connectivity index (χ3n) is 3.26. The summed E-state index contributed by atoms with van der Waals surface area (Å²) in [5.74, 6) is 2.58. The summed E-state index contributed by atoms with van der Waals surface area (Å²) < 4.78 is 11.3. The summed E-state index contributed by atoms with van der Waals surface area (Å²) in [5, 5.41) is 10.1. The average molecular weight is 306 g/mol. The van der Waals surface area contributed by atoms with Gasteiger partial charge in [0.15, 0.2) is 11.5 Å². The molecule has 6 nitrogen and oxygen atoms in total. The van der Waals surface area contributed by atoms with Gasteiger partial charge < -0.3 is 14.8 Å². The van der Waals surface area contributed by atoms with Gasteiger partial charge in [-0.2, -0.15) is 5.10 Å². The predicted octanol–water partition coefficient (Wildman–Crippen LogP) is 1.63. The number of nitrogens with one attached hydrogen (secondary N) is 2. The Morgan fingerprint density at radius 1 is 1.29 bits per heavy atom. The Morgan fingerprint density at radius 3 is 2.81 bits per heavy atom. The molecule has 2 aromatic rings. The van der Waals surface area contributed by atoms with E-state index >= 15 is 0 Å². The number of hydrogen-bond acceptors (Lipinski definition) is 6. The van der Waals surface area contributed by atoms with E-state index in [1.165, 1.54) is 16.8 Å². The molecule has 0 fully saturated rings. The van der Waals surface area contributed by atoms with Crippen molar-refractivity contribution in [3.8, 4) is 11.5 Å². The highest BCUT2D eigenvalue weighted by Gasteiger charge is 2.15. The van der Waals surface area contributed by atoms with E-state index in [4.69, 9.17) is 9.47 Å². The highest BCUT2D eigenvalue weighted by molar-refractivity contribution is 7.98. The minimum Gasteiger partial charge on any atom is -0.486 e. The van der Waals surface area contributed by atoms with E-state index < -0.39 is 0 Å². The number of ether oxygens (including phenoxy) is 2. The van der Waals surface area contributed by atoms with Gasteiger partial charge in [0.25, 0.3) is 0 Å². The van der Waals surface area contributed by atoms with Crippen molar-refractivity contribution in [1.29, 1.82) is 0 Å². The van der Waals surface area contributed by atoms with E-state index in [1.807, 2.05) is 0 Å². The van der Waals surface area contributed by atoms with Crippen molar-refractivity contribution >= 4 is 11.8 Å². The molecule has 0 unspecified atom stereocenters. The minimum absolute atomic E-state index is 0.615. The molecule has 2 N–H and O–H groups in total. The Kier molecular flexibility index (Phi) is 4.62. The number of thioether (sulfide) groups is 1. The van der Waals surface area contributed by atoms with Crippen LogP contribution in [0.4, 0.5) is 0 Å². The number of H-pyrrole nitrogens is 1. The molecule has 0 saturated carbocycles. The Labute approximate surface area is 127 Å². The zero-order chi connectivity index (χ0) is 14.5. The van der Waals surface area contributed by atoms with Crippen LogP contribution in [0.25, 0.3) is 0 Å². The maximum atomic E-state index is 5.64. The van der Waals surface area contributed by atoms with E-state index in [0.717, 1.165) is 36.8 Å². The SMILES string of the molecule is CSc1cc2c(cc1CNCCc1ncn[nH]1)OCCO2. The first-order valence-electron chi connectivity index (χ1n) is 6.88. The van der Waals surface area contributed by atoms with Gasteiger partial charge in [-0.05, 0) is 24.0 Å². The lowest BCUT2D eigenvalue weighted by Crippen LogP contribution is -2.19. The first-order chi connectivity index (χ1) is 10.4. The fourth-order valence-corrected chi connectivity index (χ4v) is 2.84. The molecule has 0 bridgehead atoms. The lowest BCUT2D eigenvalue weighted by atomic mass is 10.2.